The van der Waals surface area contributed by atoms with Crippen molar-refractivity contribution in [3.05, 3.63) is 39.6 Å². The highest BCUT2D eigenvalue weighted by atomic mass is 127. The van der Waals surface area contributed by atoms with Gasteiger partial charge in [-0.1, -0.05) is 0 Å². The molecule has 0 atom stereocenters. The molecule has 0 aliphatic carbocycles. The van der Waals surface area contributed by atoms with Crippen LogP contribution in [0.15, 0.2) is 30.5 Å². The number of ether oxygens (including phenoxy) is 1. The lowest BCUT2D eigenvalue weighted by Gasteiger charge is -2.03. The highest BCUT2D eigenvalue weighted by Gasteiger charge is 2.10. The second-order valence-electron chi connectivity index (χ2n) is 3.01. The number of aromatic nitrogens is 1. The topological polar surface area (TPSA) is 39.2 Å². The van der Waals surface area contributed by atoms with Crippen LogP contribution in [-0.2, 0) is 4.74 Å². The van der Waals surface area contributed by atoms with Gasteiger partial charge < -0.3 is 4.74 Å². The predicted octanol–water partition coefficient (Wildman–Crippen LogP) is 2.63. The number of fused-ring (bicyclic) bond motifs is 1. The second-order valence-corrected chi connectivity index (χ2v) is 4.26. The average Bonchev–Trinajstić information content (AvgIpc) is 2.27. The maximum absolute atomic E-state index is 11.5. The number of esters is 1. The van der Waals surface area contributed by atoms with Crippen LogP contribution in [-0.4, -0.2) is 18.1 Å². The molecule has 0 radical (unpaired) electrons. The van der Waals surface area contributed by atoms with Gasteiger partial charge in [0.05, 0.1) is 18.2 Å². The third kappa shape index (κ3) is 1.94. The summed E-state index contributed by atoms with van der Waals surface area (Å²) in [5, 5.41) is 0.830. The Labute approximate surface area is 101 Å². The Morgan fingerprint density at radius 1 is 1.40 bits per heavy atom. The van der Waals surface area contributed by atoms with Crippen molar-refractivity contribution in [3.8, 4) is 0 Å². The minimum absolute atomic E-state index is 0.329. The standard InChI is InChI=1S/C11H8INO2/c1-15-11(14)8-4-5-13-10-3-2-7(12)6-9(8)10/h2-6H,1H3. The number of halogens is 1. The first kappa shape index (κ1) is 10.4. The van der Waals surface area contributed by atoms with E-state index >= 15 is 0 Å². The van der Waals surface area contributed by atoms with E-state index < -0.39 is 0 Å². The average molecular weight is 313 g/mol. The van der Waals surface area contributed by atoms with Crippen LogP contribution in [0.25, 0.3) is 10.9 Å². The summed E-state index contributed by atoms with van der Waals surface area (Å²) in [6, 6.07) is 7.44. The summed E-state index contributed by atoms with van der Waals surface area (Å²) in [5.41, 5.74) is 1.36. The number of pyridine rings is 1. The van der Waals surface area contributed by atoms with Crippen molar-refractivity contribution in [2.75, 3.05) is 7.11 Å². The highest BCUT2D eigenvalue weighted by molar-refractivity contribution is 14.1. The molecule has 76 valence electrons. The molecule has 15 heavy (non-hydrogen) atoms. The lowest BCUT2D eigenvalue weighted by atomic mass is 10.1. The fourth-order valence-electron chi connectivity index (χ4n) is 1.41. The van der Waals surface area contributed by atoms with Crippen LogP contribution < -0.4 is 0 Å². The normalized spacial score (nSPS) is 10.3. The molecule has 2 rings (SSSR count). The van der Waals surface area contributed by atoms with Gasteiger partial charge >= 0.3 is 5.97 Å². The predicted molar refractivity (Wildman–Crippen MR) is 65.8 cm³/mol. The van der Waals surface area contributed by atoms with E-state index in [1.165, 1.54) is 7.11 Å². The Balaban J connectivity index is 2.74. The summed E-state index contributed by atoms with van der Waals surface area (Å²) in [7, 11) is 1.38. The minimum Gasteiger partial charge on any atom is -0.465 e. The van der Waals surface area contributed by atoms with E-state index in [2.05, 4.69) is 27.6 Å². The molecule has 2 aromatic rings. The molecule has 0 bridgehead atoms. The van der Waals surface area contributed by atoms with E-state index in [9.17, 15) is 4.79 Å². The molecule has 1 aromatic heterocycles. The zero-order chi connectivity index (χ0) is 10.8. The van der Waals surface area contributed by atoms with Gasteiger partial charge in [-0.3, -0.25) is 4.98 Å². The van der Waals surface area contributed by atoms with Crippen LogP contribution in [0.1, 0.15) is 10.4 Å². The summed E-state index contributed by atoms with van der Waals surface area (Å²) in [5.74, 6) is -0.329. The number of hydrogen-bond donors (Lipinski definition) is 0. The summed E-state index contributed by atoms with van der Waals surface area (Å²) < 4.78 is 5.78. The van der Waals surface area contributed by atoms with Gasteiger partial charge in [0, 0.05) is 15.2 Å². The van der Waals surface area contributed by atoms with Gasteiger partial charge in [0.1, 0.15) is 0 Å². The molecule has 0 unspecified atom stereocenters. The molecule has 0 fully saturated rings. The Kier molecular flexibility index (Phi) is 2.86. The maximum atomic E-state index is 11.5. The molecule has 3 nitrogen and oxygen atoms in total. The van der Waals surface area contributed by atoms with Gasteiger partial charge in [-0.15, -0.1) is 0 Å². The number of methoxy groups -OCH3 is 1. The van der Waals surface area contributed by atoms with Crippen LogP contribution in [0.4, 0.5) is 0 Å². The van der Waals surface area contributed by atoms with Gasteiger partial charge in [-0.25, -0.2) is 4.79 Å². The molecule has 0 saturated heterocycles. The Hall–Kier alpha value is -1.17. The van der Waals surface area contributed by atoms with E-state index in [-0.39, 0.29) is 5.97 Å². The smallest absolute Gasteiger partial charge is 0.338 e. The Bertz CT molecular complexity index is 525. The van der Waals surface area contributed by atoms with Crippen molar-refractivity contribution < 1.29 is 9.53 Å². The molecule has 4 heteroatoms. The largest absolute Gasteiger partial charge is 0.465 e. The lowest BCUT2D eigenvalue weighted by molar-refractivity contribution is 0.0603. The van der Waals surface area contributed by atoms with Gasteiger partial charge in [-0.2, -0.15) is 0 Å². The van der Waals surface area contributed by atoms with Gasteiger partial charge in [0.15, 0.2) is 0 Å². The molecule has 1 heterocycles. The van der Waals surface area contributed by atoms with Crippen LogP contribution >= 0.6 is 22.6 Å². The summed E-state index contributed by atoms with van der Waals surface area (Å²) >= 11 is 2.20. The second kappa shape index (κ2) is 4.14. The molecule has 0 aliphatic rings. The molecule has 0 saturated carbocycles. The van der Waals surface area contributed by atoms with Gasteiger partial charge in [-0.05, 0) is 46.9 Å². The molecular formula is C11H8INO2. The fraction of sp³-hybridized carbons (Fsp3) is 0.0909. The monoisotopic (exact) mass is 313 g/mol. The van der Waals surface area contributed by atoms with Gasteiger partial charge in [0.25, 0.3) is 0 Å². The van der Waals surface area contributed by atoms with Crippen molar-refractivity contribution in [3.63, 3.8) is 0 Å². The highest BCUT2D eigenvalue weighted by Crippen LogP contribution is 2.19. The molecule has 0 aliphatic heterocycles. The number of nitrogens with zero attached hydrogens (tertiary/aromatic N) is 1. The molecule has 0 spiro atoms. The first-order chi connectivity index (χ1) is 7.22. The SMILES string of the molecule is COC(=O)c1ccnc2ccc(I)cc12. The van der Waals surface area contributed by atoms with E-state index in [1.54, 1.807) is 12.3 Å². The maximum Gasteiger partial charge on any atom is 0.338 e. The fourth-order valence-corrected chi connectivity index (χ4v) is 1.90. The van der Waals surface area contributed by atoms with Crippen molar-refractivity contribution in [1.29, 1.82) is 0 Å². The Morgan fingerprint density at radius 2 is 2.20 bits per heavy atom. The van der Waals surface area contributed by atoms with Crippen LogP contribution in [0, 0.1) is 3.57 Å². The third-order valence-corrected chi connectivity index (χ3v) is 2.78. The van der Waals surface area contributed by atoms with Crippen LogP contribution in [0.5, 0.6) is 0 Å². The first-order valence-corrected chi connectivity index (χ1v) is 5.43. The first-order valence-electron chi connectivity index (χ1n) is 4.35. The molecule has 0 amide bonds. The van der Waals surface area contributed by atoms with Crippen molar-refractivity contribution in [2.24, 2.45) is 0 Å². The third-order valence-electron chi connectivity index (χ3n) is 2.11. The number of hydrogen-bond acceptors (Lipinski definition) is 3. The van der Waals surface area contributed by atoms with Crippen LogP contribution in [0.2, 0.25) is 0 Å². The summed E-state index contributed by atoms with van der Waals surface area (Å²) in [6.45, 7) is 0. The van der Waals surface area contributed by atoms with E-state index in [1.807, 2.05) is 18.2 Å². The van der Waals surface area contributed by atoms with Gasteiger partial charge in [0.2, 0.25) is 0 Å². The lowest BCUT2D eigenvalue weighted by Crippen LogP contribution is -2.02. The summed E-state index contributed by atoms with van der Waals surface area (Å²) in [4.78, 5) is 15.7. The van der Waals surface area contributed by atoms with Crippen LogP contribution in [0.3, 0.4) is 0 Å². The molecule has 0 N–H and O–H groups in total. The zero-order valence-electron chi connectivity index (χ0n) is 8.03. The van der Waals surface area contributed by atoms with Crippen molar-refractivity contribution >= 4 is 39.5 Å². The Morgan fingerprint density at radius 3 is 2.93 bits per heavy atom. The summed E-state index contributed by atoms with van der Waals surface area (Å²) in [6.07, 6.45) is 1.61. The number of carbonyl (C=O) groups excluding carboxylic acids is 1. The van der Waals surface area contributed by atoms with E-state index in [0.29, 0.717) is 5.56 Å². The van der Waals surface area contributed by atoms with E-state index in [4.69, 9.17) is 4.74 Å². The molecular weight excluding hydrogens is 305 g/mol. The number of carbonyl (C=O) groups is 1. The quantitative estimate of drug-likeness (QED) is 0.600. The molecule has 1 aromatic carbocycles. The van der Waals surface area contributed by atoms with Crippen molar-refractivity contribution in [1.82, 2.24) is 4.98 Å². The minimum atomic E-state index is -0.329. The number of rotatable bonds is 1. The zero-order valence-corrected chi connectivity index (χ0v) is 10.2. The number of benzene rings is 1. The van der Waals surface area contributed by atoms with E-state index in [0.717, 1.165) is 14.5 Å². The van der Waals surface area contributed by atoms with Crippen molar-refractivity contribution in [2.45, 2.75) is 0 Å².